The Bertz CT molecular complexity index is 384. The molecule has 5 heteroatoms. The summed E-state index contributed by atoms with van der Waals surface area (Å²) in [6.45, 7) is 1.74. The first kappa shape index (κ1) is 10.6. The minimum absolute atomic E-state index is 0.00198. The third-order valence-electron chi connectivity index (χ3n) is 1.64. The van der Waals surface area contributed by atoms with Gasteiger partial charge in [0.25, 0.3) is 5.56 Å². The topological polar surface area (TPSA) is 61.2 Å². The lowest BCUT2D eigenvalue weighted by Crippen LogP contribution is -2.27. The Kier molecular flexibility index (Phi) is 3.53. The smallest absolute Gasteiger partial charge is 0.267 e. The molecule has 0 N–H and O–H groups in total. The van der Waals surface area contributed by atoms with E-state index in [1.807, 2.05) is 0 Å². The van der Waals surface area contributed by atoms with E-state index in [0.29, 0.717) is 0 Å². The maximum absolute atomic E-state index is 11.3. The Balaban J connectivity index is 2.77. The second-order valence-corrected chi connectivity index (χ2v) is 3.00. The van der Waals surface area contributed by atoms with Crippen molar-refractivity contribution in [1.29, 1.82) is 0 Å². The van der Waals surface area contributed by atoms with Gasteiger partial charge in [0.1, 0.15) is 13.2 Å². The SMILES string of the molecule is COCC(=O)Cn1ncc(C)cc1=O. The van der Waals surface area contributed by atoms with E-state index in [1.54, 1.807) is 13.1 Å². The summed E-state index contributed by atoms with van der Waals surface area (Å²) in [5.74, 6) is -0.175. The van der Waals surface area contributed by atoms with Crippen LogP contribution in [0.2, 0.25) is 0 Å². The standard InChI is InChI=1S/C9H12N2O3/c1-7-3-9(13)11(10-4-7)5-8(12)6-14-2/h3-4H,5-6H2,1-2H3. The quantitative estimate of drug-likeness (QED) is 0.667. The van der Waals surface area contributed by atoms with Gasteiger partial charge in [-0.25, -0.2) is 4.68 Å². The highest BCUT2D eigenvalue weighted by molar-refractivity contribution is 5.79. The van der Waals surface area contributed by atoms with Crippen LogP contribution in [0.5, 0.6) is 0 Å². The number of hydrogen-bond donors (Lipinski definition) is 0. The van der Waals surface area contributed by atoms with Crippen molar-refractivity contribution in [2.75, 3.05) is 13.7 Å². The van der Waals surface area contributed by atoms with Gasteiger partial charge in [-0.15, -0.1) is 0 Å². The first-order chi connectivity index (χ1) is 6.63. The van der Waals surface area contributed by atoms with Crippen LogP contribution in [0, 0.1) is 6.92 Å². The third kappa shape index (κ3) is 2.77. The number of rotatable bonds is 4. The molecule has 1 heterocycles. The van der Waals surface area contributed by atoms with Crippen LogP contribution in [0.15, 0.2) is 17.1 Å². The zero-order chi connectivity index (χ0) is 10.6. The van der Waals surface area contributed by atoms with E-state index in [0.717, 1.165) is 10.2 Å². The van der Waals surface area contributed by atoms with Crippen LogP contribution in [0.25, 0.3) is 0 Å². The fraction of sp³-hybridized carbons (Fsp3) is 0.444. The molecule has 1 aromatic rings. The Morgan fingerprint density at radius 3 is 2.93 bits per heavy atom. The van der Waals surface area contributed by atoms with Crippen molar-refractivity contribution in [3.05, 3.63) is 28.2 Å². The van der Waals surface area contributed by atoms with E-state index in [1.165, 1.54) is 13.2 Å². The van der Waals surface area contributed by atoms with Crippen LogP contribution in [0.3, 0.4) is 0 Å². The second-order valence-electron chi connectivity index (χ2n) is 3.00. The number of methoxy groups -OCH3 is 1. The fourth-order valence-corrected chi connectivity index (χ4v) is 1.02. The molecule has 0 spiro atoms. The lowest BCUT2D eigenvalue weighted by atomic mass is 10.3. The van der Waals surface area contributed by atoms with Crippen molar-refractivity contribution in [3.63, 3.8) is 0 Å². The number of ketones is 1. The molecule has 5 nitrogen and oxygen atoms in total. The second kappa shape index (κ2) is 4.66. The van der Waals surface area contributed by atoms with Gasteiger partial charge in [0.2, 0.25) is 0 Å². The maximum Gasteiger partial charge on any atom is 0.267 e. The summed E-state index contributed by atoms with van der Waals surface area (Å²) < 4.78 is 5.77. The van der Waals surface area contributed by atoms with Crippen LogP contribution in [-0.2, 0) is 16.1 Å². The van der Waals surface area contributed by atoms with Crippen molar-refractivity contribution in [2.45, 2.75) is 13.5 Å². The maximum atomic E-state index is 11.3. The van der Waals surface area contributed by atoms with Crippen molar-refractivity contribution in [1.82, 2.24) is 9.78 Å². The molecule has 14 heavy (non-hydrogen) atoms. The molecule has 1 rings (SSSR count). The van der Waals surface area contributed by atoms with Crippen molar-refractivity contribution in [3.8, 4) is 0 Å². The molecule has 1 aromatic heterocycles. The highest BCUT2D eigenvalue weighted by Gasteiger charge is 2.04. The summed E-state index contributed by atoms with van der Waals surface area (Å²) in [5, 5.41) is 3.83. The molecular formula is C9H12N2O3. The molecule has 0 fully saturated rings. The van der Waals surface area contributed by atoms with E-state index in [4.69, 9.17) is 0 Å². The Morgan fingerprint density at radius 1 is 1.64 bits per heavy atom. The molecule has 0 bridgehead atoms. The number of aromatic nitrogens is 2. The molecule has 0 aliphatic carbocycles. The molecule has 0 saturated carbocycles. The van der Waals surface area contributed by atoms with Gasteiger partial charge in [0.15, 0.2) is 5.78 Å². The number of carbonyl (C=O) groups excluding carboxylic acids is 1. The zero-order valence-corrected chi connectivity index (χ0v) is 8.19. The lowest BCUT2D eigenvalue weighted by Gasteiger charge is -2.02. The average Bonchev–Trinajstić information content (AvgIpc) is 2.10. The average molecular weight is 196 g/mol. The summed E-state index contributed by atoms with van der Waals surface area (Å²) >= 11 is 0. The minimum Gasteiger partial charge on any atom is -0.377 e. The van der Waals surface area contributed by atoms with E-state index in [2.05, 4.69) is 9.84 Å². The van der Waals surface area contributed by atoms with E-state index in [-0.39, 0.29) is 24.5 Å². The van der Waals surface area contributed by atoms with Gasteiger partial charge in [-0.2, -0.15) is 5.10 Å². The fourth-order valence-electron chi connectivity index (χ4n) is 1.02. The molecule has 0 atom stereocenters. The molecule has 76 valence electrons. The van der Waals surface area contributed by atoms with Crippen LogP contribution < -0.4 is 5.56 Å². The molecule has 0 radical (unpaired) electrons. The summed E-state index contributed by atoms with van der Waals surface area (Å²) in [6, 6.07) is 1.44. The number of nitrogens with zero attached hydrogens (tertiary/aromatic N) is 2. The molecule has 0 aliphatic rings. The van der Waals surface area contributed by atoms with Crippen LogP contribution in [-0.4, -0.2) is 29.3 Å². The van der Waals surface area contributed by atoms with Crippen molar-refractivity contribution in [2.24, 2.45) is 0 Å². The summed E-state index contributed by atoms with van der Waals surface area (Å²) in [4.78, 5) is 22.4. The van der Waals surface area contributed by atoms with E-state index < -0.39 is 0 Å². The Hall–Kier alpha value is -1.49. The van der Waals surface area contributed by atoms with Crippen LogP contribution in [0.1, 0.15) is 5.56 Å². The van der Waals surface area contributed by atoms with Gasteiger partial charge in [-0.1, -0.05) is 0 Å². The minimum atomic E-state index is -0.269. The van der Waals surface area contributed by atoms with Gasteiger partial charge in [0.05, 0.1) is 6.20 Å². The van der Waals surface area contributed by atoms with Gasteiger partial charge in [0, 0.05) is 13.2 Å². The Morgan fingerprint density at radius 2 is 2.36 bits per heavy atom. The first-order valence-electron chi connectivity index (χ1n) is 4.18. The monoisotopic (exact) mass is 196 g/mol. The van der Waals surface area contributed by atoms with Gasteiger partial charge < -0.3 is 4.74 Å². The molecular weight excluding hydrogens is 184 g/mol. The van der Waals surface area contributed by atoms with Gasteiger partial charge in [-0.3, -0.25) is 9.59 Å². The molecule has 0 saturated heterocycles. The normalized spacial score (nSPS) is 10.1. The summed E-state index contributed by atoms with van der Waals surface area (Å²) in [7, 11) is 1.43. The van der Waals surface area contributed by atoms with Crippen molar-refractivity contribution >= 4 is 5.78 Å². The van der Waals surface area contributed by atoms with Crippen LogP contribution >= 0.6 is 0 Å². The van der Waals surface area contributed by atoms with Gasteiger partial charge >= 0.3 is 0 Å². The van der Waals surface area contributed by atoms with E-state index in [9.17, 15) is 9.59 Å². The van der Waals surface area contributed by atoms with Crippen LogP contribution in [0.4, 0.5) is 0 Å². The zero-order valence-electron chi connectivity index (χ0n) is 8.19. The van der Waals surface area contributed by atoms with E-state index >= 15 is 0 Å². The molecule has 0 aliphatic heterocycles. The number of carbonyl (C=O) groups is 1. The molecule has 0 amide bonds. The Labute approximate surface area is 81.3 Å². The number of Topliss-reactive ketones (excluding diaryl/α,β-unsaturated/α-hetero) is 1. The highest BCUT2D eigenvalue weighted by Crippen LogP contribution is 1.87. The largest absolute Gasteiger partial charge is 0.377 e. The number of ether oxygens (including phenoxy) is 1. The first-order valence-corrected chi connectivity index (χ1v) is 4.18. The summed E-state index contributed by atoms with van der Waals surface area (Å²) in [5.41, 5.74) is 0.514. The highest BCUT2D eigenvalue weighted by atomic mass is 16.5. The lowest BCUT2D eigenvalue weighted by molar-refractivity contribution is -0.123. The van der Waals surface area contributed by atoms with Crippen molar-refractivity contribution < 1.29 is 9.53 Å². The predicted molar refractivity (Wildman–Crippen MR) is 50.1 cm³/mol. The van der Waals surface area contributed by atoms with Gasteiger partial charge in [-0.05, 0) is 12.5 Å². The summed E-state index contributed by atoms with van der Waals surface area (Å²) in [6.07, 6.45) is 1.54. The molecule has 0 aromatic carbocycles. The number of aryl methyl sites for hydroxylation is 1. The third-order valence-corrected chi connectivity index (χ3v) is 1.64. The predicted octanol–water partition coefficient (Wildman–Crippen LogP) is -0.233. The number of hydrogen-bond acceptors (Lipinski definition) is 4. The molecule has 0 unspecified atom stereocenters.